The van der Waals surface area contributed by atoms with E-state index in [0.717, 1.165) is 5.69 Å². The lowest BCUT2D eigenvalue weighted by Crippen LogP contribution is -2.35. The van der Waals surface area contributed by atoms with Crippen LogP contribution in [-0.4, -0.2) is 23.5 Å². The van der Waals surface area contributed by atoms with Crippen molar-refractivity contribution >= 4 is 29.2 Å². The van der Waals surface area contributed by atoms with Gasteiger partial charge in [-0.1, -0.05) is 18.5 Å². The molecule has 1 atom stereocenters. The summed E-state index contributed by atoms with van der Waals surface area (Å²) >= 11 is 5.82. The average molecular weight is 284 g/mol. The molecule has 1 amide bonds. The van der Waals surface area contributed by atoms with E-state index in [1.165, 1.54) is 0 Å². The molecule has 0 fully saturated rings. The van der Waals surface area contributed by atoms with Gasteiger partial charge in [-0.2, -0.15) is 0 Å². The molecule has 0 radical (unpaired) electrons. The number of carboxylic acids is 1. The SMILES string of the molecule is CCN(C(=O)C(C)CCC(=O)O)c1ccc(Cl)cc1. The summed E-state index contributed by atoms with van der Waals surface area (Å²) < 4.78 is 0. The predicted molar refractivity (Wildman–Crippen MR) is 75.5 cm³/mol. The van der Waals surface area contributed by atoms with Gasteiger partial charge in [0, 0.05) is 29.6 Å². The summed E-state index contributed by atoms with van der Waals surface area (Å²) in [5.74, 6) is -1.26. The number of hydrogen-bond donors (Lipinski definition) is 1. The zero-order valence-electron chi connectivity index (χ0n) is 11.1. The molecule has 1 aromatic rings. The Hall–Kier alpha value is -1.55. The van der Waals surface area contributed by atoms with Crippen molar-refractivity contribution in [1.29, 1.82) is 0 Å². The molecule has 104 valence electrons. The maximum absolute atomic E-state index is 12.3. The molecule has 0 aromatic heterocycles. The smallest absolute Gasteiger partial charge is 0.303 e. The van der Waals surface area contributed by atoms with Crippen LogP contribution in [0.2, 0.25) is 5.02 Å². The van der Waals surface area contributed by atoms with Crippen LogP contribution in [0.5, 0.6) is 0 Å². The second kappa shape index (κ2) is 7.14. The fraction of sp³-hybridized carbons (Fsp3) is 0.429. The summed E-state index contributed by atoms with van der Waals surface area (Å²) in [5, 5.41) is 9.26. The monoisotopic (exact) mass is 283 g/mol. The van der Waals surface area contributed by atoms with Gasteiger partial charge in [-0.15, -0.1) is 0 Å². The highest BCUT2D eigenvalue weighted by Gasteiger charge is 2.21. The molecule has 1 rings (SSSR count). The normalized spacial score (nSPS) is 11.9. The first-order chi connectivity index (χ1) is 8.95. The minimum atomic E-state index is -0.880. The molecule has 19 heavy (non-hydrogen) atoms. The van der Waals surface area contributed by atoms with E-state index >= 15 is 0 Å². The van der Waals surface area contributed by atoms with Crippen molar-refractivity contribution < 1.29 is 14.7 Å². The topological polar surface area (TPSA) is 57.6 Å². The van der Waals surface area contributed by atoms with Crippen LogP contribution in [-0.2, 0) is 9.59 Å². The number of hydrogen-bond acceptors (Lipinski definition) is 2. The highest BCUT2D eigenvalue weighted by atomic mass is 35.5. The third kappa shape index (κ3) is 4.56. The highest BCUT2D eigenvalue weighted by molar-refractivity contribution is 6.30. The Morgan fingerprint density at radius 1 is 1.32 bits per heavy atom. The molecule has 0 bridgehead atoms. The molecule has 1 unspecified atom stereocenters. The first kappa shape index (κ1) is 15.5. The van der Waals surface area contributed by atoms with Crippen LogP contribution in [0.25, 0.3) is 0 Å². The Labute approximate surface area is 118 Å². The third-order valence-electron chi connectivity index (χ3n) is 2.93. The van der Waals surface area contributed by atoms with Crippen LogP contribution in [0.4, 0.5) is 5.69 Å². The van der Waals surface area contributed by atoms with Crippen LogP contribution in [0.15, 0.2) is 24.3 Å². The van der Waals surface area contributed by atoms with Crippen molar-refractivity contribution in [2.24, 2.45) is 5.92 Å². The first-order valence-corrected chi connectivity index (χ1v) is 6.62. The quantitative estimate of drug-likeness (QED) is 0.872. The second-order valence-electron chi connectivity index (χ2n) is 4.39. The van der Waals surface area contributed by atoms with E-state index < -0.39 is 5.97 Å². The molecule has 1 N–H and O–H groups in total. The van der Waals surface area contributed by atoms with E-state index in [0.29, 0.717) is 18.0 Å². The minimum Gasteiger partial charge on any atom is -0.481 e. The number of rotatable bonds is 6. The van der Waals surface area contributed by atoms with Crippen LogP contribution >= 0.6 is 11.6 Å². The van der Waals surface area contributed by atoms with Crippen LogP contribution in [0.3, 0.4) is 0 Å². The van der Waals surface area contributed by atoms with E-state index in [4.69, 9.17) is 16.7 Å². The molecule has 0 saturated heterocycles. The maximum Gasteiger partial charge on any atom is 0.303 e. The number of amides is 1. The summed E-state index contributed by atoms with van der Waals surface area (Å²) in [6.45, 7) is 4.18. The Balaban J connectivity index is 2.76. The lowest BCUT2D eigenvalue weighted by Gasteiger charge is -2.24. The summed E-state index contributed by atoms with van der Waals surface area (Å²) in [6.07, 6.45) is 0.351. The van der Waals surface area contributed by atoms with Crippen LogP contribution in [0, 0.1) is 5.92 Å². The van der Waals surface area contributed by atoms with E-state index in [9.17, 15) is 9.59 Å². The van der Waals surface area contributed by atoms with Crippen molar-refractivity contribution in [1.82, 2.24) is 0 Å². The molecule has 4 nitrogen and oxygen atoms in total. The summed E-state index contributed by atoms with van der Waals surface area (Å²) in [6, 6.07) is 7.03. The van der Waals surface area contributed by atoms with Gasteiger partial charge in [-0.25, -0.2) is 0 Å². The minimum absolute atomic E-state index is 0.00504. The molecular formula is C14H18ClNO3. The number of aliphatic carboxylic acids is 1. The van der Waals surface area contributed by atoms with Gasteiger partial charge in [0.15, 0.2) is 0 Å². The van der Waals surface area contributed by atoms with Gasteiger partial charge < -0.3 is 10.0 Å². The molecule has 0 aliphatic carbocycles. The third-order valence-corrected chi connectivity index (χ3v) is 3.19. The second-order valence-corrected chi connectivity index (χ2v) is 4.83. The molecule has 0 aliphatic rings. The summed E-state index contributed by atoms with van der Waals surface area (Å²) in [7, 11) is 0. The molecule has 0 saturated carbocycles. The molecular weight excluding hydrogens is 266 g/mol. The van der Waals surface area contributed by atoms with Crippen molar-refractivity contribution in [3.63, 3.8) is 0 Å². The van der Waals surface area contributed by atoms with Crippen molar-refractivity contribution in [3.8, 4) is 0 Å². The number of nitrogens with zero attached hydrogens (tertiary/aromatic N) is 1. The molecule has 0 aliphatic heterocycles. The van der Waals surface area contributed by atoms with Crippen molar-refractivity contribution in [2.45, 2.75) is 26.7 Å². The number of carboxylic acid groups (broad SMARTS) is 1. The zero-order chi connectivity index (χ0) is 14.4. The Bertz CT molecular complexity index is 445. The molecule has 0 spiro atoms. The highest BCUT2D eigenvalue weighted by Crippen LogP contribution is 2.21. The summed E-state index contributed by atoms with van der Waals surface area (Å²) in [5.41, 5.74) is 0.777. The van der Waals surface area contributed by atoms with Crippen LogP contribution in [0.1, 0.15) is 26.7 Å². The lowest BCUT2D eigenvalue weighted by molar-refractivity contribution is -0.137. The number of benzene rings is 1. The van der Waals surface area contributed by atoms with Gasteiger partial charge in [0.1, 0.15) is 0 Å². The van der Waals surface area contributed by atoms with Crippen molar-refractivity contribution in [2.75, 3.05) is 11.4 Å². The Kier molecular flexibility index (Phi) is 5.83. The number of carbonyl (C=O) groups is 2. The predicted octanol–water partition coefficient (Wildman–Crippen LogP) is 3.19. The van der Waals surface area contributed by atoms with Gasteiger partial charge >= 0.3 is 5.97 Å². The maximum atomic E-state index is 12.3. The van der Waals surface area contributed by atoms with E-state index in [1.54, 1.807) is 36.1 Å². The Morgan fingerprint density at radius 2 is 1.89 bits per heavy atom. The fourth-order valence-electron chi connectivity index (χ4n) is 1.82. The van der Waals surface area contributed by atoms with Gasteiger partial charge in [-0.05, 0) is 37.6 Å². The van der Waals surface area contributed by atoms with Gasteiger partial charge in [0.25, 0.3) is 0 Å². The van der Waals surface area contributed by atoms with Gasteiger partial charge in [0.05, 0.1) is 0 Å². The standard InChI is InChI=1S/C14H18ClNO3/c1-3-16(12-7-5-11(15)6-8-12)14(19)10(2)4-9-13(17)18/h5-8,10H,3-4,9H2,1-2H3,(H,17,18). The number of halogens is 1. The lowest BCUT2D eigenvalue weighted by atomic mass is 10.0. The molecule has 5 heteroatoms. The van der Waals surface area contributed by atoms with Gasteiger partial charge in [-0.3, -0.25) is 9.59 Å². The van der Waals surface area contributed by atoms with E-state index in [2.05, 4.69) is 0 Å². The Morgan fingerprint density at radius 3 is 2.37 bits per heavy atom. The largest absolute Gasteiger partial charge is 0.481 e. The number of carbonyl (C=O) groups excluding carboxylic acids is 1. The van der Waals surface area contributed by atoms with Gasteiger partial charge in [0.2, 0.25) is 5.91 Å². The zero-order valence-corrected chi connectivity index (χ0v) is 11.9. The molecule has 1 aromatic carbocycles. The average Bonchev–Trinajstić information content (AvgIpc) is 2.38. The molecule has 0 heterocycles. The fourth-order valence-corrected chi connectivity index (χ4v) is 1.94. The summed E-state index contributed by atoms with van der Waals surface area (Å²) in [4.78, 5) is 24.4. The van der Waals surface area contributed by atoms with E-state index in [1.807, 2.05) is 6.92 Å². The van der Waals surface area contributed by atoms with Crippen molar-refractivity contribution in [3.05, 3.63) is 29.3 Å². The first-order valence-electron chi connectivity index (χ1n) is 6.24. The van der Waals surface area contributed by atoms with Crippen LogP contribution < -0.4 is 4.90 Å². The van der Waals surface area contributed by atoms with E-state index in [-0.39, 0.29) is 18.2 Å². The number of anilines is 1.